The average Bonchev–Trinajstić information content (AvgIpc) is 2.70. The van der Waals surface area contributed by atoms with E-state index in [1.165, 1.54) is 6.07 Å². The summed E-state index contributed by atoms with van der Waals surface area (Å²) in [4.78, 5) is 24.3. The van der Waals surface area contributed by atoms with Crippen LogP contribution in [0.3, 0.4) is 0 Å². The van der Waals surface area contributed by atoms with E-state index in [0.717, 1.165) is 55.0 Å². The van der Waals surface area contributed by atoms with Crippen LogP contribution in [-0.4, -0.2) is 50.9 Å². The SMILES string of the molecule is Nc1nc(CN2CCN(Cc3cccc([N+](=O)[O-])c3)CC2)nc2ccccc12. The summed E-state index contributed by atoms with van der Waals surface area (Å²) in [5.41, 5.74) is 8.05. The summed E-state index contributed by atoms with van der Waals surface area (Å²) in [6.45, 7) is 4.96. The molecule has 8 nitrogen and oxygen atoms in total. The van der Waals surface area contributed by atoms with Gasteiger partial charge in [-0.1, -0.05) is 24.3 Å². The fourth-order valence-electron chi connectivity index (χ4n) is 3.55. The summed E-state index contributed by atoms with van der Waals surface area (Å²) in [7, 11) is 0. The summed E-state index contributed by atoms with van der Waals surface area (Å²) < 4.78 is 0. The molecule has 0 aliphatic carbocycles. The van der Waals surface area contributed by atoms with E-state index in [1.807, 2.05) is 30.3 Å². The molecule has 0 bridgehead atoms. The van der Waals surface area contributed by atoms with Crippen molar-refractivity contribution in [1.82, 2.24) is 19.8 Å². The number of anilines is 1. The number of nitrogens with two attached hydrogens (primary N) is 1. The molecule has 0 unspecified atom stereocenters. The number of non-ortho nitro benzene ring substituents is 1. The molecule has 1 aliphatic heterocycles. The van der Waals surface area contributed by atoms with Crippen molar-refractivity contribution in [1.29, 1.82) is 0 Å². The number of nitrogens with zero attached hydrogens (tertiary/aromatic N) is 5. The average molecular weight is 378 g/mol. The van der Waals surface area contributed by atoms with E-state index in [2.05, 4.69) is 19.8 Å². The van der Waals surface area contributed by atoms with Crippen molar-refractivity contribution in [3.05, 3.63) is 70.0 Å². The van der Waals surface area contributed by atoms with Gasteiger partial charge in [0.05, 0.1) is 17.0 Å². The second kappa shape index (κ2) is 7.87. The molecule has 0 atom stereocenters. The Morgan fingerprint density at radius 1 is 0.964 bits per heavy atom. The lowest BCUT2D eigenvalue weighted by Crippen LogP contribution is -2.45. The monoisotopic (exact) mass is 378 g/mol. The van der Waals surface area contributed by atoms with Gasteiger partial charge in [0.1, 0.15) is 11.6 Å². The number of hydrogen-bond acceptors (Lipinski definition) is 7. The molecule has 2 heterocycles. The minimum Gasteiger partial charge on any atom is -0.383 e. The number of nitro benzene ring substituents is 1. The number of hydrogen-bond donors (Lipinski definition) is 1. The molecule has 0 radical (unpaired) electrons. The topological polar surface area (TPSA) is 101 Å². The third-order valence-electron chi connectivity index (χ3n) is 5.04. The minimum absolute atomic E-state index is 0.141. The highest BCUT2D eigenvalue weighted by atomic mass is 16.6. The van der Waals surface area contributed by atoms with Gasteiger partial charge in [-0.3, -0.25) is 19.9 Å². The van der Waals surface area contributed by atoms with Crippen LogP contribution in [0.5, 0.6) is 0 Å². The van der Waals surface area contributed by atoms with Gasteiger partial charge in [0.25, 0.3) is 5.69 Å². The molecular weight excluding hydrogens is 356 g/mol. The Bertz CT molecular complexity index is 1000. The van der Waals surface area contributed by atoms with E-state index in [1.54, 1.807) is 12.1 Å². The van der Waals surface area contributed by atoms with Crippen molar-refractivity contribution < 1.29 is 4.92 Å². The first-order valence-corrected chi connectivity index (χ1v) is 9.28. The normalized spacial score (nSPS) is 15.7. The number of nitro groups is 1. The molecule has 1 fully saturated rings. The first-order chi connectivity index (χ1) is 13.6. The van der Waals surface area contributed by atoms with E-state index >= 15 is 0 Å². The van der Waals surface area contributed by atoms with Gasteiger partial charge in [0.2, 0.25) is 0 Å². The van der Waals surface area contributed by atoms with Gasteiger partial charge < -0.3 is 5.73 Å². The Morgan fingerprint density at radius 2 is 1.68 bits per heavy atom. The molecule has 1 saturated heterocycles. The van der Waals surface area contributed by atoms with E-state index in [0.29, 0.717) is 12.4 Å². The van der Waals surface area contributed by atoms with Gasteiger partial charge in [-0.25, -0.2) is 9.97 Å². The van der Waals surface area contributed by atoms with Crippen molar-refractivity contribution in [3.8, 4) is 0 Å². The Labute approximate surface area is 162 Å². The maximum absolute atomic E-state index is 10.9. The second-order valence-electron chi connectivity index (χ2n) is 7.02. The van der Waals surface area contributed by atoms with Crippen LogP contribution in [0.2, 0.25) is 0 Å². The van der Waals surface area contributed by atoms with Crippen LogP contribution < -0.4 is 5.73 Å². The maximum atomic E-state index is 10.9. The molecule has 28 heavy (non-hydrogen) atoms. The van der Waals surface area contributed by atoms with Crippen LogP contribution in [0.25, 0.3) is 10.9 Å². The van der Waals surface area contributed by atoms with Crippen LogP contribution in [0.4, 0.5) is 11.5 Å². The number of nitrogen functional groups attached to an aromatic ring is 1. The lowest BCUT2D eigenvalue weighted by molar-refractivity contribution is -0.384. The minimum atomic E-state index is -0.350. The van der Waals surface area contributed by atoms with Gasteiger partial charge in [0, 0.05) is 50.2 Å². The Morgan fingerprint density at radius 3 is 2.43 bits per heavy atom. The van der Waals surface area contributed by atoms with Gasteiger partial charge in [-0.05, 0) is 17.7 Å². The molecular formula is C20H22N6O2. The van der Waals surface area contributed by atoms with Crippen LogP contribution in [0.15, 0.2) is 48.5 Å². The lowest BCUT2D eigenvalue weighted by Gasteiger charge is -2.34. The van der Waals surface area contributed by atoms with Crippen LogP contribution in [0, 0.1) is 10.1 Å². The second-order valence-corrected chi connectivity index (χ2v) is 7.02. The molecule has 8 heteroatoms. The van der Waals surface area contributed by atoms with Gasteiger partial charge >= 0.3 is 0 Å². The number of piperazine rings is 1. The van der Waals surface area contributed by atoms with Crippen LogP contribution in [0.1, 0.15) is 11.4 Å². The van der Waals surface area contributed by atoms with Crippen molar-refractivity contribution >= 4 is 22.4 Å². The van der Waals surface area contributed by atoms with Gasteiger partial charge in [0.15, 0.2) is 0 Å². The molecule has 2 N–H and O–H groups in total. The number of aromatic nitrogens is 2. The maximum Gasteiger partial charge on any atom is 0.269 e. The number of fused-ring (bicyclic) bond motifs is 1. The molecule has 0 spiro atoms. The van der Waals surface area contributed by atoms with Crippen molar-refractivity contribution in [2.45, 2.75) is 13.1 Å². The lowest BCUT2D eigenvalue weighted by atomic mass is 10.1. The van der Waals surface area contributed by atoms with Crippen LogP contribution >= 0.6 is 0 Å². The van der Waals surface area contributed by atoms with Crippen molar-refractivity contribution in [3.63, 3.8) is 0 Å². The molecule has 144 valence electrons. The van der Waals surface area contributed by atoms with E-state index in [4.69, 9.17) is 5.73 Å². The van der Waals surface area contributed by atoms with E-state index in [-0.39, 0.29) is 10.6 Å². The largest absolute Gasteiger partial charge is 0.383 e. The number of benzene rings is 2. The zero-order valence-electron chi connectivity index (χ0n) is 15.5. The van der Waals surface area contributed by atoms with E-state index < -0.39 is 0 Å². The summed E-state index contributed by atoms with van der Waals surface area (Å²) in [5, 5.41) is 11.8. The summed E-state index contributed by atoms with van der Waals surface area (Å²) in [6.07, 6.45) is 0. The van der Waals surface area contributed by atoms with Crippen molar-refractivity contribution in [2.75, 3.05) is 31.9 Å². The molecule has 1 aromatic heterocycles. The zero-order chi connectivity index (χ0) is 19.5. The third-order valence-corrected chi connectivity index (χ3v) is 5.04. The van der Waals surface area contributed by atoms with E-state index in [9.17, 15) is 10.1 Å². The molecule has 1 aliphatic rings. The molecule has 2 aromatic carbocycles. The summed E-state index contributed by atoms with van der Waals surface area (Å²) >= 11 is 0. The molecule has 0 amide bonds. The predicted octanol–water partition coefficient (Wildman–Crippen LogP) is 2.44. The molecule has 3 aromatic rings. The third kappa shape index (κ3) is 4.08. The molecule has 0 saturated carbocycles. The highest BCUT2D eigenvalue weighted by Gasteiger charge is 2.19. The Kier molecular flexibility index (Phi) is 5.14. The highest BCUT2D eigenvalue weighted by molar-refractivity contribution is 5.87. The first kappa shape index (κ1) is 18.3. The van der Waals surface area contributed by atoms with Crippen LogP contribution in [-0.2, 0) is 13.1 Å². The zero-order valence-corrected chi connectivity index (χ0v) is 15.5. The first-order valence-electron chi connectivity index (χ1n) is 9.28. The van der Waals surface area contributed by atoms with Gasteiger partial charge in [-0.2, -0.15) is 0 Å². The highest BCUT2D eigenvalue weighted by Crippen LogP contribution is 2.19. The predicted molar refractivity (Wildman–Crippen MR) is 108 cm³/mol. The Balaban J connectivity index is 1.36. The standard InChI is InChI=1S/C20H22N6O2/c21-20-17-6-1-2-7-18(17)22-19(23-20)14-25-10-8-24(9-11-25)13-15-4-3-5-16(12-15)26(27)28/h1-7,12H,8-11,13-14H2,(H2,21,22,23). The summed E-state index contributed by atoms with van der Waals surface area (Å²) in [5.74, 6) is 1.26. The van der Waals surface area contributed by atoms with Gasteiger partial charge in [-0.15, -0.1) is 0 Å². The summed E-state index contributed by atoms with van der Waals surface area (Å²) in [6, 6.07) is 14.6. The fraction of sp³-hybridized carbons (Fsp3) is 0.300. The fourth-order valence-corrected chi connectivity index (χ4v) is 3.55. The smallest absolute Gasteiger partial charge is 0.269 e. The number of rotatable bonds is 5. The number of para-hydroxylation sites is 1. The molecule has 4 rings (SSSR count). The van der Waals surface area contributed by atoms with Crippen molar-refractivity contribution in [2.24, 2.45) is 0 Å². The quantitative estimate of drug-likeness (QED) is 0.537. The Hall–Kier alpha value is -3.10.